The van der Waals surface area contributed by atoms with Crippen LogP contribution in [0.4, 0.5) is 0 Å². The fraction of sp³-hybridized carbons (Fsp3) is 0.667. The first kappa shape index (κ1) is 20.4. The molecule has 5 atom stereocenters. The summed E-state index contributed by atoms with van der Waals surface area (Å²) >= 11 is 0. The lowest BCUT2D eigenvalue weighted by Crippen LogP contribution is -2.58. The van der Waals surface area contributed by atoms with Gasteiger partial charge >= 0.3 is 5.97 Å². The Morgan fingerprint density at radius 3 is 2.62 bits per heavy atom. The van der Waals surface area contributed by atoms with E-state index in [1.165, 1.54) is 13.5 Å². The largest absolute Gasteiger partial charge is 0.465 e. The highest BCUT2D eigenvalue weighted by Gasteiger charge is 2.68. The minimum atomic E-state index is -0.321. The first-order chi connectivity index (χ1) is 13.8. The quantitative estimate of drug-likeness (QED) is 0.751. The summed E-state index contributed by atoms with van der Waals surface area (Å²) < 4.78 is 11.1. The van der Waals surface area contributed by atoms with Gasteiger partial charge in [-0.1, -0.05) is 32.9 Å². The van der Waals surface area contributed by atoms with Crippen LogP contribution in [0.1, 0.15) is 74.9 Å². The molecule has 1 heterocycles. The van der Waals surface area contributed by atoms with Crippen molar-refractivity contribution >= 4 is 11.9 Å². The van der Waals surface area contributed by atoms with Gasteiger partial charge in [0.25, 0.3) is 0 Å². The van der Waals surface area contributed by atoms with Crippen molar-refractivity contribution in [1.82, 2.24) is 5.32 Å². The average molecular weight is 400 g/mol. The number of hydrogen-bond donors (Lipinski definition) is 1. The van der Waals surface area contributed by atoms with Crippen LogP contribution in [0.25, 0.3) is 0 Å². The van der Waals surface area contributed by atoms with Crippen LogP contribution in [0.3, 0.4) is 0 Å². The number of carbonyl (C=O) groups is 2. The molecule has 1 saturated heterocycles. The third-order valence-corrected chi connectivity index (χ3v) is 7.95. The van der Waals surface area contributed by atoms with Gasteiger partial charge in [-0.3, -0.25) is 4.79 Å². The zero-order valence-corrected chi connectivity index (χ0v) is 18.0. The summed E-state index contributed by atoms with van der Waals surface area (Å²) in [6.07, 6.45) is 4.79. The van der Waals surface area contributed by atoms with E-state index in [9.17, 15) is 9.59 Å². The van der Waals surface area contributed by atoms with E-state index in [0.29, 0.717) is 30.4 Å². The number of hydrogen-bond acceptors (Lipinski definition) is 4. The van der Waals surface area contributed by atoms with Gasteiger partial charge < -0.3 is 14.8 Å². The molecular formula is C24H33NO4. The normalized spacial score (nSPS) is 34.5. The van der Waals surface area contributed by atoms with Gasteiger partial charge in [-0.15, -0.1) is 0 Å². The minimum absolute atomic E-state index is 0.0159. The Labute approximate surface area is 173 Å². The lowest BCUT2D eigenvalue weighted by atomic mass is 9.59. The predicted octanol–water partition coefficient (Wildman–Crippen LogP) is 4.27. The molecule has 2 saturated carbocycles. The predicted molar refractivity (Wildman–Crippen MR) is 110 cm³/mol. The number of benzene rings is 1. The van der Waals surface area contributed by atoms with Gasteiger partial charge in [0.05, 0.1) is 18.8 Å². The van der Waals surface area contributed by atoms with E-state index in [1.54, 1.807) is 0 Å². The molecule has 1 aromatic carbocycles. The molecule has 2 bridgehead atoms. The summed E-state index contributed by atoms with van der Waals surface area (Å²) in [5.74, 6) is 0.845. The number of nitrogens with one attached hydrogen (secondary N) is 1. The van der Waals surface area contributed by atoms with Crippen LogP contribution >= 0.6 is 0 Å². The molecule has 2 aliphatic carbocycles. The molecule has 5 heteroatoms. The van der Waals surface area contributed by atoms with Gasteiger partial charge in [0.2, 0.25) is 5.91 Å². The second kappa shape index (κ2) is 7.42. The van der Waals surface area contributed by atoms with Crippen molar-refractivity contribution in [3.8, 4) is 0 Å². The van der Waals surface area contributed by atoms with Crippen molar-refractivity contribution in [1.29, 1.82) is 0 Å². The zero-order valence-electron chi connectivity index (χ0n) is 18.0. The number of rotatable bonds is 5. The van der Waals surface area contributed by atoms with Crippen molar-refractivity contribution in [2.75, 3.05) is 13.7 Å². The Hall–Kier alpha value is -1.88. The van der Waals surface area contributed by atoms with Gasteiger partial charge in [0, 0.05) is 19.1 Å². The maximum Gasteiger partial charge on any atom is 0.337 e. The Balaban J connectivity index is 1.62. The van der Waals surface area contributed by atoms with Crippen molar-refractivity contribution < 1.29 is 19.1 Å². The van der Waals surface area contributed by atoms with Crippen LogP contribution < -0.4 is 5.32 Å². The van der Waals surface area contributed by atoms with Crippen molar-refractivity contribution in [2.24, 2.45) is 22.7 Å². The SMILES string of the molecule is CCCC(=O)N[C@@H]1C(C)(C)[C@@H]2C[C@@H]3[C@@H](c4ccc(C(=O)OC)cc4)OCC[C@@]31C2. The lowest BCUT2D eigenvalue weighted by molar-refractivity contribution is -0.137. The Bertz CT molecular complexity index is 787. The molecule has 0 unspecified atom stereocenters. The molecule has 1 N–H and O–H groups in total. The molecule has 3 aliphatic rings. The van der Waals surface area contributed by atoms with E-state index in [-0.39, 0.29) is 34.9 Å². The maximum atomic E-state index is 12.5. The number of carbonyl (C=O) groups excluding carboxylic acids is 2. The van der Waals surface area contributed by atoms with Crippen LogP contribution in [0, 0.1) is 22.7 Å². The third kappa shape index (κ3) is 3.18. The van der Waals surface area contributed by atoms with Gasteiger partial charge in [-0.2, -0.15) is 0 Å². The summed E-state index contributed by atoms with van der Waals surface area (Å²) in [7, 11) is 1.40. The number of amides is 1. The molecule has 3 fully saturated rings. The zero-order chi connectivity index (χ0) is 20.8. The Morgan fingerprint density at radius 2 is 1.97 bits per heavy atom. The van der Waals surface area contributed by atoms with E-state index >= 15 is 0 Å². The summed E-state index contributed by atoms with van der Waals surface area (Å²) in [6.45, 7) is 7.42. The van der Waals surface area contributed by atoms with Crippen LogP contribution in [0.15, 0.2) is 24.3 Å². The highest BCUT2D eigenvalue weighted by molar-refractivity contribution is 5.89. The maximum absolute atomic E-state index is 12.5. The second-order valence-corrected chi connectivity index (χ2v) is 9.70. The second-order valence-electron chi connectivity index (χ2n) is 9.70. The first-order valence-corrected chi connectivity index (χ1v) is 10.9. The van der Waals surface area contributed by atoms with E-state index in [0.717, 1.165) is 24.8 Å². The van der Waals surface area contributed by atoms with Crippen molar-refractivity contribution in [3.05, 3.63) is 35.4 Å². The fourth-order valence-corrected chi connectivity index (χ4v) is 6.50. The molecular weight excluding hydrogens is 366 g/mol. The third-order valence-electron chi connectivity index (χ3n) is 7.95. The molecule has 4 rings (SSSR count). The van der Waals surface area contributed by atoms with E-state index in [2.05, 4.69) is 26.1 Å². The molecule has 158 valence electrons. The summed E-state index contributed by atoms with van der Waals surface area (Å²) in [4.78, 5) is 24.3. The standard InChI is InChI=1S/C24H33NO4/c1-5-6-19(26)25-22-23(2,3)17-13-18-20(29-12-11-24(18,22)14-17)15-7-9-16(10-8-15)21(27)28-4/h7-10,17-18,20,22H,5-6,11-14H2,1-4H3,(H,25,26)/t17-,18-,20-,22-,24-/m1/s1. The fourth-order valence-electron chi connectivity index (χ4n) is 6.50. The minimum Gasteiger partial charge on any atom is -0.465 e. The molecule has 1 spiro atoms. The van der Waals surface area contributed by atoms with Gasteiger partial charge in [0.1, 0.15) is 0 Å². The van der Waals surface area contributed by atoms with Crippen molar-refractivity contribution in [3.63, 3.8) is 0 Å². The molecule has 0 aromatic heterocycles. The van der Waals surface area contributed by atoms with Crippen molar-refractivity contribution in [2.45, 2.75) is 65.0 Å². The number of methoxy groups -OCH3 is 1. The van der Waals surface area contributed by atoms with Gasteiger partial charge in [-0.05, 0) is 66.0 Å². The van der Waals surface area contributed by atoms with E-state index in [1.807, 2.05) is 24.3 Å². The summed E-state index contributed by atoms with van der Waals surface area (Å²) in [6, 6.07) is 7.83. The lowest BCUT2D eigenvalue weighted by Gasteiger charge is -2.53. The summed E-state index contributed by atoms with van der Waals surface area (Å²) in [5.41, 5.74) is 1.88. The number of ether oxygens (including phenoxy) is 2. The topological polar surface area (TPSA) is 64.6 Å². The highest BCUT2D eigenvalue weighted by Crippen LogP contribution is 2.70. The van der Waals surface area contributed by atoms with Crippen LogP contribution in [-0.4, -0.2) is 31.6 Å². The number of esters is 1. The van der Waals surface area contributed by atoms with E-state index < -0.39 is 0 Å². The summed E-state index contributed by atoms with van der Waals surface area (Å²) in [5, 5.41) is 3.44. The van der Waals surface area contributed by atoms with E-state index in [4.69, 9.17) is 9.47 Å². The molecule has 29 heavy (non-hydrogen) atoms. The molecule has 1 aliphatic heterocycles. The van der Waals surface area contributed by atoms with Crippen LogP contribution in [-0.2, 0) is 14.3 Å². The first-order valence-electron chi connectivity index (χ1n) is 10.9. The van der Waals surface area contributed by atoms with Crippen LogP contribution in [0.5, 0.6) is 0 Å². The number of fused-ring (bicyclic) bond motifs is 1. The highest BCUT2D eigenvalue weighted by atomic mass is 16.5. The van der Waals surface area contributed by atoms with Gasteiger partial charge in [-0.25, -0.2) is 4.79 Å². The molecule has 1 amide bonds. The average Bonchev–Trinajstić information content (AvgIpc) is 3.20. The molecule has 0 radical (unpaired) electrons. The molecule has 5 nitrogen and oxygen atoms in total. The van der Waals surface area contributed by atoms with Gasteiger partial charge in [0.15, 0.2) is 0 Å². The van der Waals surface area contributed by atoms with Crippen LogP contribution in [0.2, 0.25) is 0 Å². The Morgan fingerprint density at radius 1 is 1.24 bits per heavy atom. The smallest absolute Gasteiger partial charge is 0.337 e. The Kier molecular flexibility index (Phi) is 5.22. The molecule has 1 aromatic rings. The monoisotopic (exact) mass is 399 g/mol.